The minimum atomic E-state index is -3.74. The Morgan fingerprint density at radius 3 is 2.75 bits per heavy atom. The van der Waals surface area contributed by atoms with Crippen LogP contribution in [-0.4, -0.2) is 66.4 Å². The molecule has 1 aliphatic heterocycles. The lowest BCUT2D eigenvalue weighted by Crippen LogP contribution is -2.45. The molecule has 1 aromatic carbocycles. The highest BCUT2D eigenvalue weighted by Gasteiger charge is 2.36. The Morgan fingerprint density at radius 2 is 2.08 bits per heavy atom. The molecule has 1 aliphatic rings. The number of sulfonamides is 1. The van der Waals surface area contributed by atoms with E-state index in [0.717, 1.165) is 42.0 Å². The van der Waals surface area contributed by atoms with Crippen molar-refractivity contribution in [1.29, 1.82) is 0 Å². The number of nitrogens with two attached hydrogens (primary N) is 1. The number of carbonyl (C=O) groups is 1. The molecule has 2 atom stereocenters. The predicted molar refractivity (Wildman–Crippen MR) is 135 cm³/mol. The van der Waals surface area contributed by atoms with Crippen molar-refractivity contribution in [3.05, 3.63) is 59.4 Å². The van der Waals surface area contributed by atoms with Gasteiger partial charge in [0.2, 0.25) is 16.0 Å². The maximum atomic E-state index is 14.6. The number of unbranched alkanes of at least 4 members (excludes halogenated alkanes) is 1. The average molecular weight is 523 g/mol. The first kappa shape index (κ1) is 27.5. The number of aromatic nitrogens is 1. The van der Waals surface area contributed by atoms with Gasteiger partial charge in [-0.15, -0.1) is 0 Å². The van der Waals surface area contributed by atoms with E-state index in [1.165, 1.54) is 25.2 Å². The Morgan fingerprint density at radius 1 is 1.33 bits per heavy atom. The molecule has 0 aliphatic carbocycles. The first-order chi connectivity index (χ1) is 17.0. The predicted octanol–water partition coefficient (Wildman–Crippen LogP) is 3.12. The van der Waals surface area contributed by atoms with Crippen molar-refractivity contribution < 1.29 is 22.0 Å². The summed E-state index contributed by atoms with van der Waals surface area (Å²) in [4.78, 5) is 22.4. The molecule has 3 N–H and O–H groups in total. The van der Waals surface area contributed by atoms with Crippen LogP contribution >= 0.6 is 0 Å². The van der Waals surface area contributed by atoms with Crippen molar-refractivity contribution in [1.82, 2.24) is 14.2 Å². The molecule has 12 heteroatoms. The minimum Gasteiger partial charge on any atom is -0.369 e. The van der Waals surface area contributed by atoms with E-state index in [2.05, 4.69) is 27.1 Å². The lowest BCUT2D eigenvalue weighted by atomic mass is 10.1. The van der Waals surface area contributed by atoms with Crippen molar-refractivity contribution in [2.45, 2.75) is 44.4 Å². The number of benzene rings is 1. The SMILES string of the molecule is CCCCN1CC[C@H](S(=O)(=O)N(C)C(N)=N[C@H](C)c2cc(NC(=O)c3ccc(F)cn3)ccc2F)C1. The van der Waals surface area contributed by atoms with Gasteiger partial charge in [0.25, 0.3) is 5.91 Å². The molecule has 0 radical (unpaired) electrons. The Kier molecular flexibility index (Phi) is 8.96. The van der Waals surface area contributed by atoms with E-state index >= 15 is 0 Å². The van der Waals surface area contributed by atoms with Crippen LogP contribution in [-0.2, 0) is 10.0 Å². The van der Waals surface area contributed by atoms with Gasteiger partial charge in [0.05, 0.1) is 17.5 Å². The second-order valence-electron chi connectivity index (χ2n) is 8.79. The largest absolute Gasteiger partial charge is 0.369 e. The molecular formula is C24H32F2N6O3S. The summed E-state index contributed by atoms with van der Waals surface area (Å²) in [5.41, 5.74) is 6.40. The van der Waals surface area contributed by atoms with E-state index in [-0.39, 0.29) is 22.9 Å². The lowest BCUT2D eigenvalue weighted by molar-refractivity contribution is 0.102. The molecule has 2 aromatic rings. The lowest BCUT2D eigenvalue weighted by Gasteiger charge is -2.24. The monoisotopic (exact) mass is 522 g/mol. The van der Waals surface area contributed by atoms with Gasteiger partial charge < -0.3 is 16.0 Å². The molecule has 36 heavy (non-hydrogen) atoms. The number of likely N-dealkylation sites (tertiary alicyclic amines) is 1. The molecule has 2 heterocycles. The zero-order chi connectivity index (χ0) is 26.5. The summed E-state index contributed by atoms with van der Waals surface area (Å²) in [5, 5.41) is 1.99. The molecule has 0 spiro atoms. The number of halogens is 2. The number of carbonyl (C=O) groups excluding carboxylic acids is 1. The topological polar surface area (TPSA) is 121 Å². The van der Waals surface area contributed by atoms with Crippen LogP contribution in [0, 0.1) is 11.6 Å². The molecule has 1 fully saturated rings. The van der Waals surface area contributed by atoms with Gasteiger partial charge in [0, 0.05) is 24.8 Å². The fraction of sp³-hybridized carbons (Fsp3) is 0.458. The first-order valence-corrected chi connectivity index (χ1v) is 13.3. The van der Waals surface area contributed by atoms with Crippen molar-refractivity contribution in [2.24, 2.45) is 10.7 Å². The summed E-state index contributed by atoms with van der Waals surface area (Å²) < 4.78 is 54.8. The van der Waals surface area contributed by atoms with E-state index in [1.54, 1.807) is 6.92 Å². The zero-order valence-electron chi connectivity index (χ0n) is 20.6. The molecule has 1 aromatic heterocycles. The van der Waals surface area contributed by atoms with Crippen LogP contribution in [0.3, 0.4) is 0 Å². The van der Waals surface area contributed by atoms with Crippen LogP contribution < -0.4 is 11.1 Å². The first-order valence-electron chi connectivity index (χ1n) is 11.8. The normalized spacial score (nSPS) is 17.7. The van der Waals surface area contributed by atoms with Gasteiger partial charge in [-0.3, -0.25) is 4.79 Å². The smallest absolute Gasteiger partial charge is 0.274 e. The third-order valence-electron chi connectivity index (χ3n) is 6.17. The fourth-order valence-electron chi connectivity index (χ4n) is 3.98. The maximum Gasteiger partial charge on any atom is 0.274 e. The van der Waals surface area contributed by atoms with Gasteiger partial charge in [0.1, 0.15) is 17.3 Å². The molecule has 1 amide bonds. The van der Waals surface area contributed by atoms with E-state index in [9.17, 15) is 22.0 Å². The Labute approximate surface area is 210 Å². The number of nitrogens with zero attached hydrogens (tertiary/aromatic N) is 4. The van der Waals surface area contributed by atoms with Gasteiger partial charge in [-0.2, -0.15) is 0 Å². The Hall–Kier alpha value is -3.12. The van der Waals surface area contributed by atoms with Crippen molar-refractivity contribution >= 4 is 27.6 Å². The molecule has 1 saturated heterocycles. The molecule has 196 valence electrons. The van der Waals surface area contributed by atoms with Gasteiger partial charge in [-0.1, -0.05) is 13.3 Å². The third-order valence-corrected chi connectivity index (χ3v) is 8.35. The number of hydrogen-bond acceptors (Lipinski definition) is 6. The second-order valence-corrected chi connectivity index (χ2v) is 11.0. The number of guanidine groups is 1. The summed E-state index contributed by atoms with van der Waals surface area (Å²) in [5.74, 6) is -2.02. The van der Waals surface area contributed by atoms with Gasteiger partial charge in [-0.05, 0) is 63.2 Å². The molecular weight excluding hydrogens is 490 g/mol. The number of nitrogens with one attached hydrogen (secondary N) is 1. The average Bonchev–Trinajstić information content (AvgIpc) is 3.33. The van der Waals surface area contributed by atoms with Crippen LogP contribution in [0.5, 0.6) is 0 Å². The summed E-state index contributed by atoms with van der Waals surface area (Å²) in [6, 6.07) is 5.40. The zero-order valence-corrected chi connectivity index (χ0v) is 21.4. The van der Waals surface area contributed by atoms with Gasteiger partial charge in [0.15, 0.2) is 0 Å². The fourth-order valence-corrected chi connectivity index (χ4v) is 5.53. The van der Waals surface area contributed by atoms with Crippen LogP contribution in [0.25, 0.3) is 0 Å². The highest BCUT2D eigenvalue weighted by Crippen LogP contribution is 2.25. The number of amides is 1. The van der Waals surface area contributed by atoms with Crippen LogP contribution in [0.15, 0.2) is 41.5 Å². The summed E-state index contributed by atoms with van der Waals surface area (Å²) in [6.45, 7) is 5.67. The molecule has 9 nitrogen and oxygen atoms in total. The number of aliphatic imine (C=N–C) groups is 1. The van der Waals surface area contributed by atoms with E-state index in [1.807, 2.05) is 0 Å². The third kappa shape index (κ3) is 6.55. The molecule has 0 bridgehead atoms. The van der Waals surface area contributed by atoms with E-state index in [0.29, 0.717) is 19.5 Å². The summed E-state index contributed by atoms with van der Waals surface area (Å²) in [7, 11) is -2.39. The Bertz CT molecular complexity index is 1210. The number of hydrogen-bond donors (Lipinski definition) is 2. The van der Waals surface area contributed by atoms with Gasteiger partial charge in [-0.25, -0.2) is 31.5 Å². The summed E-state index contributed by atoms with van der Waals surface area (Å²) in [6.07, 6.45) is 3.48. The number of pyridine rings is 1. The van der Waals surface area contributed by atoms with Crippen molar-refractivity contribution in [2.75, 3.05) is 32.0 Å². The second kappa shape index (κ2) is 11.7. The van der Waals surface area contributed by atoms with Crippen LogP contribution in [0.2, 0.25) is 0 Å². The van der Waals surface area contributed by atoms with Crippen LogP contribution in [0.4, 0.5) is 14.5 Å². The number of anilines is 1. The molecule has 0 unspecified atom stereocenters. The summed E-state index contributed by atoms with van der Waals surface area (Å²) >= 11 is 0. The van der Waals surface area contributed by atoms with Gasteiger partial charge >= 0.3 is 0 Å². The minimum absolute atomic E-state index is 0.00964. The van der Waals surface area contributed by atoms with E-state index < -0.39 is 38.9 Å². The maximum absolute atomic E-state index is 14.6. The highest BCUT2D eigenvalue weighted by atomic mass is 32.2. The van der Waals surface area contributed by atoms with E-state index in [4.69, 9.17) is 5.73 Å². The quantitative estimate of drug-likeness (QED) is 0.386. The Balaban J connectivity index is 1.72. The van der Waals surface area contributed by atoms with Crippen molar-refractivity contribution in [3.8, 4) is 0 Å². The molecule has 0 saturated carbocycles. The van der Waals surface area contributed by atoms with Crippen LogP contribution in [0.1, 0.15) is 55.2 Å². The van der Waals surface area contributed by atoms with Crippen molar-refractivity contribution in [3.63, 3.8) is 0 Å². The molecule has 3 rings (SSSR count). The number of rotatable bonds is 9. The highest BCUT2D eigenvalue weighted by molar-refractivity contribution is 7.90. The standard InChI is InChI=1S/C24H32F2N6O3S/c1-4-5-11-32-12-10-19(15-32)36(34,35)31(3)24(27)29-16(2)20-13-18(7-8-21(20)26)30-23(33)22-9-6-17(25)14-28-22/h6-9,13-14,16,19H,4-5,10-12,15H2,1-3H3,(H2,27,29)(H,30,33)/t16-,19+/m1/s1.